The van der Waals surface area contributed by atoms with Gasteiger partial charge in [-0.25, -0.2) is 0 Å². The quantitative estimate of drug-likeness (QED) is 0.119. The number of alkyl halides is 6. The molecule has 6 rings (SSSR count). The molecule has 0 saturated heterocycles. The molecule has 240 valence electrons. The van der Waals surface area contributed by atoms with Crippen LogP contribution in [0.15, 0.2) is 78.4 Å². The van der Waals surface area contributed by atoms with E-state index in [1.54, 1.807) is 0 Å². The van der Waals surface area contributed by atoms with Crippen LogP contribution in [0, 0.1) is 5.92 Å². The van der Waals surface area contributed by atoms with Crippen molar-refractivity contribution in [2.45, 2.75) is 56.0 Å². The van der Waals surface area contributed by atoms with E-state index in [0.29, 0.717) is 23.1 Å². The van der Waals surface area contributed by atoms with Gasteiger partial charge in [0.25, 0.3) is 0 Å². The average molecular weight is 769 g/mol. The summed E-state index contributed by atoms with van der Waals surface area (Å²) >= 11 is -4.43. The van der Waals surface area contributed by atoms with Gasteiger partial charge in [0.1, 0.15) is 0 Å². The van der Waals surface area contributed by atoms with E-state index in [2.05, 4.69) is 32.0 Å². The summed E-state index contributed by atoms with van der Waals surface area (Å²) in [5.74, 6) is 0.0457. The first-order chi connectivity index (χ1) is 21.5. The van der Waals surface area contributed by atoms with E-state index in [0.717, 1.165) is 32.1 Å². The predicted molar refractivity (Wildman–Crippen MR) is 177 cm³/mol. The zero-order chi connectivity index (χ0) is 33.3. The van der Waals surface area contributed by atoms with E-state index in [4.69, 9.17) is 17.0 Å². The summed E-state index contributed by atoms with van der Waals surface area (Å²) in [6.07, 6.45) is -7.31. The van der Waals surface area contributed by atoms with Crippen molar-refractivity contribution in [2.24, 2.45) is 5.92 Å². The fraction of sp³-hybridized carbons (Fsp3) is 0.278. The van der Waals surface area contributed by atoms with Gasteiger partial charge in [0.05, 0.1) is 0 Å². The Bertz CT molecular complexity index is 1840. The Kier molecular flexibility index (Phi) is 8.87. The number of halogens is 8. The summed E-state index contributed by atoms with van der Waals surface area (Å²) in [5, 5.41) is 2.58. The summed E-state index contributed by atoms with van der Waals surface area (Å²) in [6.45, 7) is 7.92. The van der Waals surface area contributed by atoms with E-state index >= 15 is 0 Å². The minimum absolute atomic E-state index is 0.114. The monoisotopic (exact) mass is 766 g/mol. The molecule has 0 saturated carbocycles. The van der Waals surface area contributed by atoms with Gasteiger partial charge in [-0.3, -0.25) is 0 Å². The molecule has 4 aromatic carbocycles. The van der Waals surface area contributed by atoms with Gasteiger partial charge in [-0.15, -0.1) is 0 Å². The van der Waals surface area contributed by atoms with Crippen molar-refractivity contribution in [1.82, 2.24) is 0 Å². The zero-order valence-corrected chi connectivity index (χ0v) is 31.1. The van der Waals surface area contributed by atoms with Crippen LogP contribution in [0.2, 0.25) is 0 Å². The van der Waals surface area contributed by atoms with Crippen LogP contribution in [0.25, 0.3) is 28.3 Å². The van der Waals surface area contributed by atoms with Gasteiger partial charge in [-0.1, -0.05) is 0 Å². The van der Waals surface area contributed by atoms with Crippen LogP contribution < -0.4 is 13.6 Å². The van der Waals surface area contributed by atoms with Crippen molar-refractivity contribution in [3.8, 4) is 22.3 Å². The van der Waals surface area contributed by atoms with Crippen LogP contribution >= 0.6 is 17.0 Å². The summed E-state index contributed by atoms with van der Waals surface area (Å²) in [6, 6.07) is 20.1. The Morgan fingerprint density at radius 3 is 2.02 bits per heavy atom. The molecule has 0 amide bonds. The summed E-state index contributed by atoms with van der Waals surface area (Å²) in [5.41, 5.74) is 3.03. The number of hydrogen-bond acceptors (Lipinski definition) is 0. The van der Waals surface area contributed by atoms with Gasteiger partial charge in [-0.2, -0.15) is 0 Å². The second-order valence-electron chi connectivity index (χ2n) is 13.0. The Morgan fingerprint density at radius 2 is 1.41 bits per heavy atom. The molecule has 1 unspecified atom stereocenters. The Labute approximate surface area is 279 Å². The second kappa shape index (κ2) is 12.1. The van der Waals surface area contributed by atoms with E-state index in [1.165, 1.54) is 15.9 Å². The fourth-order valence-electron chi connectivity index (χ4n) is 7.13. The predicted octanol–water partition coefficient (Wildman–Crippen LogP) is 9.89. The third-order valence-corrected chi connectivity index (χ3v) is 23.4. The summed E-state index contributed by atoms with van der Waals surface area (Å²) in [4.78, 5) is 0. The molecule has 1 aliphatic heterocycles. The van der Waals surface area contributed by atoms with E-state index in [-0.39, 0.29) is 27.1 Å². The third kappa shape index (κ3) is 6.01. The standard InChI is InChI=1S/C24H23F6.C12H9Si.2ClH.Zr/c1-13(2)7-15-8-16-5-6-20(14(3)4)22(21(16)9-15)17-10-18(23(25,26)27)12-19(11-17)24(28,29)30;1-3-7-11-9(5-1)10-6-2-4-8-12(10)13-11;;;/h5-6,8-14H,7H2,1-4H3;1-7H,13H2;2*1H;/q;;;;+2/p-2. The van der Waals surface area contributed by atoms with Gasteiger partial charge in [0.2, 0.25) is 0 Å². The number of allylic oxidation sites excluding steroid dienone is 1. The number of rotatable bonds is 6. The topological polar surface area (TPSA) is 0 Å². The van der Waals surface area contributed by atoms with Crippen molar-refractivity contribution in [3.63, 3.8) is 0 Å². The molecule has 0 fully saturated rings. The van der Waals surface area contributed by atoms with Gasteiger partial charge in [0, 0.05) is 0 Å². The van der Waals surface area contributed by atoms with E-state index in [9.17, 15) is 26.3 Å². The molecule has 0 nitrogen and oxygen atoms in total. The fourth-order valence-corrected chi connectivity index (χ4v) is 23.9. The molecule has 0 N–H and O–H groups in total. The van der Waals surface area contributed by atoms with Gasteiger partial charge in [-0.05, 0) is 0 Å². The third-order valence-electron chi connectivity index (χ3n) is 9.04. The van der Waals surface area contributed by atoms with Crippen molar-refractivity contribution < 1.29 is 44.2 Å². The molecule has 0 aromatic heterocycles. The summed E-state index contributed by atoms with van der Waals surface area (Å²) < 4.78 is 84.7. The summed E-state index contributed by atoms with van der Waals surface area (Å²) in [7, 11) is 14.6. The molecule has 0 radical (unpaired) electrons. The van der Waals surface area contributed by atoms with Crippen molar-refractivity contribution in [1.29, 1.82) is 0 Å². The number of hydrogen-bond donors (Lipinski definition) is 0. The van der Waals surface area contributed by atoms with Crippen LogP contribution in [0.4, 0.5) is 26.3 Å². The van der Waals surface area contributed by atoms with E-state index < -0.39 is 50.9 Å². The Hall–Kier alpha value is -2.12. The Morgan fingerprint density at radius 1 is 0.783 bits per heavy atom. The van der Waals surface area contributed by atoms with Crippen LogP contribution in [-0.2, 0) is 30.2 Å². The maximum absolute atomic E-state index is 14.0. The first-order valence-electron chi connectivity index (χ1n) is 15.2. The molecule has 1 heterocycles. The van der Waals surface area contributed by atoms with Crippen LogP contribution in [-0.4, -0.2) is 9.52 Å². The molecule has 2 aliphatic rings. The molecule has 0 spiro atoms. The zero-order valence-electron chi connectivity index (χ0n) is 25.7. The van der Waals surface area contributed by atoms with Crippen LogP contribution in [0.5, 0.6) is 0 Å². The van der Waals surface area contributed by atoms with Crippen molar-refractivity contribution in [2.75, 3.05) is 0 Å². The molecule has 46 heavy (non-hydrogen) atoms. The maximum atomic E-state index is 14.0. The molecule has 1 atom stereocenters. The molecule has 10 heteroatoms. The van der Waals surface area contributed by atoms with Crippen molar-refractivity contribution >= 4 is 46.3 Å². The number of benzene rings is 4. The van der Waals surface area contributed by atoms with Crippen LogP contribution in [0.3, 0.4) is 0 Å². The van der Waals surface area contributed by atoms with Gasteiger partial charge in [0.15, 0.2) is 0 Å². The van der Waals surface area contributed by atoms with Crippen molar-refractivity contribution in [3.05, 3.63) is 106 Å². The van der Waals surface area contributed by atoms with E-state index in [1.807, 2.05) is 56.3 Å². The van der Waals surface area contributed by atoms with Gasteiger partial charge < -0.3 is 0 Å². The first kappa shape index (κ1) is 33.8. The average Bonchev–Trinajstić information content (AvgIpc) is 3.53. The first-order valence-corrected chi connectivity index (χ1v) is 25.6. The molecular weight excluding hydrogens is 737 g/mol. The van der Waals surface area contributed by atoms with Gasteiger partial charge >= 0.3 is 281 Å². The second-order valence-corrected chi connectivity index (χ2v) is 28.8. The normalized spacial score (nSPS) is 16.7. The number of fused-ring (bicyclic) bond motifs is 4. The minimum atomic E-state index is -4.96. The van der Waals surface area contributed by atoms with Crippen LogP contribution in [0.1, 0.15) is 71.5 Å². The molecule has 1 aliphatic carbocycles. The molecule has 0 bridgehead atoms. The molecule has 4 aromatic rings. The SMILES string of the molecule is CC(C)CC1=Cc2c(ccc(C(C)C)c2-c2cc(C(F)(F)F)cc(C(F)(F)F)c2)[CH]1[Zr]([Cl])([Cl])[c]1cccc2c1[SiH2]c1ccccc1-2. The Balaban J connectivity index is 1.60. The molecular formula is C36H32Cl2F6SiZr.